The SMILES string of the molecule is CC1OCCC1(C)NC1CCCC(S(C)(=O)=O)C1. The van der Waals surface area contributed by atoms with Crippen LogP contribution in [0.1, 0.15) is 46.0 Å². The number of sulfone groups is 1. The predicted molar refractivity (Wildman–Crippen MR) is 72.5 cm³/mol. The van der Waals surface area contributed by atoms with Gasteiger partial charge in [0.2, 0.25) is 0 Å². The summed E-state index contributed by atoms with van der Waals surface area (Å²) in [5.41, 5.74) is 0.00403. The van der Waals surface area contributed by atoms with Gasteiger partial charge in [0, 0.05) is 24.4 Å². The van der Waals surface area contributed by atoms with E-state index in [0.29, 0.717) is 6.04 Å². The Morgan fingerprint density at radius 3 is 2.61 bits per heavy atom. The van der Waals surface area contributed by atoms with Gasteiger partial charge in [-0.2, -0.15) is 0 Å². The van der Waals surface area contributed by atoms with E-state index < -0.39 is 9.84 Å². The summed E-state index contributed by atoms with van der Waals surface area (Å²) in [5.74, 6) is 0. The Bertz CT molecular complexity index is 395. The third kappa shape index (κ3) is 3.06. The molecule has 0 bridgehead atoms. The summed E-state index contributed by atoms with van der Waals surface area (Å²) in [6, 6.07) is 0.313. The van der Waals surface area contributed by atoms with Gasteiger partial charge in [-0.15, -0.1) is 0 Å². The van der Waals surface area contributed by atoms with E-state index in [9.17, 15) is 8.42 Å². The standard InChI is InChI=1S/C13H25NO3S/c1-10-13(2,7-8-17-10)14-11-5-4-6-12(9-11)18(3,15)16/h10-12,14H,4-9H2,1-3H3. The maximum absolute atomic E-state index is 11.7. The third-order valence-electron chi connectivity index (χ3n) is 4.65. The molecule has 1 aliphatic carbocycles. The smallest absolute Gasteiger partial charge is 0.150 e. The van der Waals surface area contributed by atoms with Gasteiger partial charge < -0.3 is 10.1 Å². The molecular weight excluding hydrogens is 250 g/mol. The number of nitrogens with one attached hydrogen (secondary N) is 1. The van der Waals surface area contributed by atoms with E-state index in [4.69, 9.17) is 4.74 Å². The molecule has 0 radical (unpaired) electrons. The van der Waals surface area contributed by atoms with Crippen LogP contribution >= 0.6 is 0 Å². The molecule has 1 saturated heterocycles. The molecule has 0 aromatic rings. The molecule has 0 amide bonds. The monoisotopic (exact) mass is 275 g/mol. The van der Waals surface area contributed by atoms with Crippen LogP contribution < -0.4 is 5.32 Å². The van der Waals surface area contributed by atoms with Gasteiger partial charge in [0.25, 0.3) is 0 Å². The van der Waals surface area contributed by atoms with Gasteiger partial charge in [-0.1, -0.05) is 6.42 Å². The summed E-state index contributed by atoms with van der Waals surface area (Å²) in [5, 5.41) is 3.49. The minimum absolute atomic E-state index is 0.00403. The highest BCUT2D eigenvalue weighted by atomic mass is 32.2. The fourth-order valence-corrected chi connectivity index (χ4v) is 4.33. The number of rotatable bonds is 3. The van der Waals surface area contributed by atoms with Crippen LogP contribution in [-0.2, 0) is 14.6 Å². The predicted octanol–water partition coefficient (Wildman–Crippen LogP) is 1.50. The molecule has 1 heterocycles. The van der Waals surface area contributed by atoms with Crippen molar-refractivity contribution in [2.45, 2.75) is 68.9 Å². The van der Waals surface area contributed by atoms with Gasteiger partial charge in [0.05, 0.1) is 11.4 Å². The summed E-state index contributed by atoms with van der Waals surface area (Å²) in [7, 11) is -2.90. The Balaban J connectivity index is 1.98. The van der Waals surface area contributed by atoms with Gasteiger partial charge in [-0.3, -0.25) is 0 Å². The lowest BCUT2D eigenvalue weighted by atomic mass is 9.88. The van der Waals surface area contributed by atoms with Gasteiger partial charge in [-0.05, 0) is 39.5 Å². The maximum atomic E-state index is 11.7. The minimum Gasteiger partial charge on any atom is -0.377 e. The fraction of sp³-hybridized carbons (Fsp3) is 1.00. The first-order valence-electron chi connectivity index (χ1n) is 6.89. The topological polar surface area (TPSA) is 55.4 Å². The van der Waals surface area contributed by atoms with Gasteiger partial charge in [-0.25, -0.2) is 8.42 Å². The first-order valence-corrected chi connectivity index (χ1v) is 8.85. The van der Waals surface area contributed by atoms with Crippen LogP contribution in [0.4, 0.5) is 0 Å². The van der Waals surface area contributed by atoms with Crippen LogP contribution in [0.15, 0.2) is 0 Å². The Morgan fingerprint density at radius 2 is 2.06 bits per heavy atom. The summed E-state index contributed by atoms with van der Waals surface area (Å²) in [4.78, 5) is 0. The Hall–Kier alpha value is -0.130. The zero-order chi connectivity index (χ0) is 13.4. The van der Waals surface area contributed by atoms with Gasteiger partial charge in [0.15, 0.2) is 0 Å². The molecule has 4 unspecified atom stereocenters. The van der Waals surface area contributed by atoms with Crippen LogP contribution in [-0.4, -0.2) is 44.2 Å². The van der Waals surface area contributed by atoms with Crippen molar-refractivity contribution < 1.29 is 13.2 Å². The lowest BCUT2D eigenvalue weighted by Gasteiger charge is -2.37. The second-order valence-electron chi connectivity index (χ2n) is 6.14. The van der Waals surface area contributed by atoms with E-state index >= 15 is 0 Å². The van der Waals surface area contributed by atoms with E-state index in [2.05, 4.69) is 19.2 Å². The highest BCUT2D eigenvalue weighted by molar-refractivity contribution is 7.91. The molecule has 106 valence electrons. The number of hydrogen-bond donors (Lipinski definition) is 1. The van der Waals surface area contributed by atoms with Crippen LogP contribution in [0.2, 0.25) is 0 Å². The van der Waals surface area contributed by atoms with Crippen molar-refractivity contribution >= 4 is 9.84 Å². The molecule has 1 N–H and O–H groups in total. The normalized spacial score (nSPS) is 42.1. The van der Waals surface area contributed by atoms with Crippen LogP contribution in [0.5, 0.6) is 0 Å². The highest BCUT2D eigenvalue weighted by Crippen LogP contribution is 2.30. The summed E-state index contributed by atoms with van der Waals surface area (Å²) in [6.07, 6.45) is 6.23. The van der Waals surface area contributed by atoms with Gasteiger partial charge in [0.1, 0.15) is 9.84 Å². The van der Waals surface area contributed by atoms with Crippen LogP contribution in [0.25, 0.3) is 0 Å². The lowest BCUT2D eigenvalue weighted by Crippen LogP contribution is -2.54. The molecule has 2 aliphatic rings. The van der Waals surface area contributed by atoms with E-state index in [1.54, 1.807) is 0 Å². The van der Waals surface area contributed by atoms with Gasteiger partial charge >= 0.3 is 0 Å². The highest BCUT2D eigenvalue weighted by Gasteiger charge is 2.40. The van der Waals surface area contributed by atoms with Crippen molar-refractivity contribution in [3.63, 3.8) is 0 Å². The van der Waals surface area contributed by atoms with E-state index in [1.165, 1.54) is 6.26 Å². The van der Waals surface area contributed by atoms with Crippen molar-refractivity contribution in [1.29, 1.82) is 0 Å². The molecule has 0 aromatic carbocycles. The fourth-order valence-electron chi connectivity index (χ4n) is 3.16. The first kappa shape index (κ1) is 14.3. The number of hydrogen-bond acceptors (Lipinski definition) is 4. The molecular formula is C13H25NO3S. The van der Waals surface area contributed by atoms with Crippen LogP contribution in [0.3, 0.4) is 0 Å². The molecule has 5 heteroatoms. The van der Waals surface area contributed by atoms with Crippen molar-refractivity contribution in [1.82, 2.24) is 5.32 Å². The molecule has 0 spiro atoms. The van der Waals surface area contributed by atoms with Crippen molar-refractivity contribution in [2.75, 3.05) is 12.9 Å². The molecule has 18 heavy (non-hydrogen) atoms. The Labute approximate surface area is 110 Å². The van der Waals surface area contributed by atoms with E-state index in [0.717, 1.165) is 38.7 Å². The average Bonchev–Trinajstić information content (AvgIpc) is 2.58. The maximum Gasteiger partial charge on any atom is 0.150 e. The van der Waals surface area contributed by atoms with Crippen molar-refractivity contribution in [3.8, 4) is 0 Å². The second kappa shape index (κ2) is 5.10. The Kier molecular flexibility index (Phi) is 4.04. The molecule has 4 atom stereocenters. The van der Waals surface area contributed by atoms with E-state index in [1.807, 2.05) is 0 Å². The molecule has 4 nitrogen and oxygen atoms in total. The first-order chi connectivity index (χ1) is 8.31. The molecule has 1 saturated carbocycles. The zero-order valence-electron chi connectivity index (χ0n) is 11.6. The summed E-state index contributed by atoms with van der Waals surface area (Å²) >= 11 is 0. The average molecular weight is 275 g/mol. The van der Waals surface area contributed by atoms with Crippen LogP contribution in [0, 0.1) is 0 Å². The van der Waals surface area contributed by atoms with E-state index in [-0.39, 0.29) is 16.9 Å². The molecule has 0 aromatic heterocycles. The quantitative estimate of drug-likeness (QED) is 0.848. The Morgan fingerprint density at radius 1 is 1.33 bits per heavy atom. The molecule has 2 rings (SSSR count). The number of ether oxygens (including phenoxy) is 1. The summed E-state index contributed by atoms with van der Waals surface area (Å²) < 4.78 is 28.9. The molecule has 1 aliphatic heterocycles. The van der Waals surface area contributed by atoms with Crippen molar-refractivity contribution in [3.05, 3.63) is 0 Å². The largest absolute Gasteiger partial charge is 0.377 e. The lowest BCUT2D eigenvalue weighted by molar-refractivity contribution is 0.0817. The molecule has 2 fully saturated rings. The van der Waals surface area contributed by atoms with Crippen molar-refractivity contribution in [2.24, 2.45) is 0 Å². The second-order valence-corrected chi connectivity index (χ2v) is 8.47. The zero-order valence-corrected chi connectivity index (χ0v) is 12.4. The summed E-state index contributed by atoms with van der Waals surface area (Å²) in [6.45, 7) is 5.08. The third-order valence-corrected chi connectivity index (χ3v) is 6.29. The minimum atomic E-state index is -2.90.